The summed E-state index contributed by atoms with van der Waals surface area (Å²) in [6, 6.07) is 4.29. The maximum Gasteiger partial charge on any atom is 0.302 e. The van der Waals surface area contributed by atoms with E-state index < -0.39 is 0 Å². The van der Waals surface area contributed by atoms with Crippen LogP contribution in [-0.4, -0.2) is 28.8 Å². The zero-order valence-electron chi connectivity index (χ0n) is 18.4. The third-order valence-corrected chi connectivity index (χ3v) is 9.93. The van der Waals surface area contributed by atoms with E-state index in [0.29, 0.717) is 17.9 Å². The van der Waals surface area contributed by atoms with Crippen LogP contribution in [0.25, 0.3) is 5.57 Å². The summed E-state index contributed by atoms with van der Waals surface area (Å²) < 4.78 is 12.2. The summed E-state index contributed by atoms with van der Waals surface area (Å²) in [5.74, 6) is 2.00. The van der Waals surface area contributed by atoms with Crippen LogP contribution in [0.2, 0.25) is 0 Å². The number of nitrogens with zero attached hydrogens (tertiary/aromatic N) is 1. The highest BCUT2D eigenvalue weighted by molar-refractivity contribution is 5.72. The Morgan fingerprint density at radius 1 is 1.23 bits per heavy atom. The molecule has 30 heavy (non-hydrogen) atoms. The second-order valence-corrected chi connectivity index (χ2v) is 11.1. The van der Waals surface area contributed by atoms with Crippen molar-refractivity contribution in [3.05, 3.63) is 36.2 Å². The number of epoxide rings is 1. The van der Waals surface area contributed by atoms with Crippen molar-refractivity contribution in [1.82, 2.24) is 4.98 Å². The quantitative estimate of drug-likeness (QED) is 0.501. The van der Waals surface area contributed by atoms with Gasteiger partial charge >= 0.3 is 5.97 Å². The minimum absolute atomic E-state index is 0.0383. The van der Waals surface area contributed by atoms with Crippen molar-refractivity contribution in [1.29, 1.82) is 0 Å². The van der Waals surface area contributed by atoms with Gasteiger partial charge in [0.2, 0.25) is 0 Å². The summed E-state index contributed by atoms with van der Waals surface area (Å²) >= 11 is 0. The van der Waals surface area contributed by atoms with Gasteiger partial charge in [-0.3, -0.25) is 9.78 Å². The SMILES string of the molecule is CC(=O)O[C@H]1CC[C@]2(C)C3CC[C@]4(C)C(c5cccnc5)=CCC4C3C[C@@H]3O[C@@]32C1. The lowest BCUT2D eigenvalue weighted by Gasteiger charge is -2.59. The number of carbonyl (C=O) groups excluding carboxylic acids is 1. The number of hydrogen-bond donors (Lipinski definition) is 0. The van der Waals surface area contributed by atoms with Crippen LogP contribution in [0.15, 0.2) is 30.6 Å². The molecule has 4 heteroatoms. The van der Waals surface area contributed by atoms with Gasteiger partial charge in [-0.25, -0.2) is 0 Å². The monoisotopic (exact) mass is 407 g/mol. The summed E-state index contributed by atoms with van der Waals surface area (Å²) in [4.78, 5) is 15.9. The minimum atomic E-state index is -0.153. The van der Waals surface area contributed by atoms with Gasteiger partial charge in [0.1, 0.15) is 11.7 Å². The van der Waals surface area contributed by atoms with Crippen molar-refractivity contribution >= 4 is 11.5 Å². The maximum absolute atomic E-state index is 11.5. The molecular formula is C26H33NO3. The molecule has 8 atom stereocenters. The van der Waals surface area contributed by atoms with E-state index in [1.807, 2.05) is 12.4 Å². The summed E-state index contributed by atoms with van der Waals surface area (Å²) in [7, 11) is 0. The molecule has 1 spiro atoms. The average Bonchev–Trinajstić information content (AvgIpc) is 3.29. The molecule has 1 aliphatic heterocycles. The van der Waals surface area contributed by atoms with Crippen molar-refractivity contribution in [3.63, 3.8) is 0 Å². The molecule has 4 fully saturated rings. The number of rotatable bonds is 2. The number of esters is 1. The second kappa shape index (κ2) is 6.18. The molecule has 0 N–H and O–H groups in total. The molecule has 0 aromatic carbocycles. The first kappa shape index (κ1) is 19.0. The molecule has 5 aliphatic rings. The molecular weight excluding hydrogens is 374 g/mol. The fraction of sp³-hybridized carbons (Fsp3) is 0.692. The van der Waals surface area contributed by atoms with E-state index in [1.165, 1.54) is 43.7 Å². The molecule has 1 aromatic rings. The Balaban J connectivity index is 1.28. The van der Waals surface area contributed by atoms with Crippen LogP contribution >= 0.6 is 0 Å². The first-order valence-corrected chi connectivity index (χ1v) is 11.8. The highest BCUT2D eigenvalue weighted by Crippen LogP contribution is 2.74. The fourth-order valence-electron chi connectivity index (χ4n) is 8.51. The summed E-state index contributed by atoms with van der Waals surface area (Å²) in [5, 5.41) is 0. The molecule has 160 valence electrons. The molecule has 3 unspecified atom stereocenters. The van der Waals surface area contributed by atoms with Gasteiger partial charge in [-0.2, -0.15) is 0 Å². The Morgan fingerprint density at radius 3 is 2.87 bits per heavy atom. The number of hydrogen-bond acceptors (Lipinski definition) is 4. The van der Waals surface area contributed by atoms with E-state index >= 15 is 0 Å². The Kier molecular flexibility index (Phi) is 3.92. The number of pyridine rings is 1. The normalized spacial score (nSPS) is 48.5. The number of aromatic nitrogens is 1. The zero-order chi connectivity index (χ0) is 20.7. The van der Waals surface area contributed by atoms with Crippen LogP contribution in [0, 0.1) is 28.6 Å². The largest absolute Gasteiger partial charge is 0.462 e. The summed E-state index contributed by atoms with van der Waals surface area (Å²) in [6.45, 7) is 6.54. The highest BCUT2D eigenvalue weighted by atomic mass is 16.6. The molecule has 4 nitrogen and oxygen atoms in total. The van der Waals surface area contributed by atoms with Gasteiger partial charge in [0.05, 0.1) is 6.10 Å². The number of carbonyl (C=O) groups is 1. The molecule has 3 saturated carbocycles. The van der Waals surface area contributed by atoms with Crippen molar-refractivity contribution < 1.29 is 14.3 Å². The van der Waals surface area contributed by atoms with Crippen LogP contribution in [0.5, 0.6) is 0 Å². The molecule has 2 heterocycles. The van der Waals surface area contributed by atoms with E-state index in [2.05, 4.69) is 37.0 Å². The summed E-state index contributed by atoms with van der Waals surface area (Å²) in [5.41, 5.74) is 3.26. The van der Waals surface area contributed by atoms with Gasteiger partial charge < -0.3 is 9.47 Å². The molecule has 4 aliphatic carbocycles. The van der Waals surface area contributed by atoms with Crippen molar-refractivity contribution in [3.8, 4) is 0 Å². The molecule has 0 amide bonds. The lowest BCUT2D eigenvalue weighted by molar-refractivity contribution is -0.156. The topological polar surface area (TPSA) is 51.7 Å². The number of allylic oxidation sites excluding steroid dienone is 2. The van der Waals surface area contributed by atoms with Gasteiger partial charge in [-0.15, -0.1) is 0 Å². The van der Waals surface area contributed by atoms with Crippen LogP contribution in [0.1, 0.15) is 71.3 Å². The molecule has 1 saturated heterocycles. The predicted octanol–water partition coefficient (Wildman–Crippen LogP) is 5.18. The lowest BCUT2D eigenvalue weighted by atomic mass is 9.44. The van der Waals surface area contributed by atoms with E-state index in [0.717, 1.165) is 25.2 Å². The van der Waals surface area contributed by atoms with Gasteiger partial charge in [-0.1, -0.05) is 26.0 Å². The lowest BCUT2D eigenvalue weighted by Crippen LogP contribution is -2.58. The third kappa shape index (κ3) is 2.37. The number of ether oxygens (including phenoxy) is 2. The van der Waals surface area contributed by atoms with Crippen LogP contribution in [0.4, 0.5) is 0 Å². The fourth-order valence-corrected chi connectivity index (χ4v) is 8.51. The third-order valence-electron chi connectivity index (χ3n) is 9.93. The minimum Gasteiger partial charge on any atom is -0.462 e. The first-order valence-electron chi connectivity index (χ1n) is 11.8. The van der Waals surface area contributed by atoms with Crippen molar-refractivity contribution in [2.24, 2.45) is 28.6 Å². The van der Waals surface area contributed by atoms with Crippen LogP contribution < -0.4 is 0 Å². The highest BCUT2D eigenvalue weighted by Gasteiger charge is 2.76. The Hall–Kier alpha value is -1.68. The average molecular weight is 408 g/mol. The maximum atomic E-state index is 11.5. The van der Waals surface area contributed by atoms with E-state index in [9.17, 15) is 4.79 Å². The smallest absolute Gasteiger partial charge is 0.302 e. The molecule has 6 rings (SSSR count). The van der Waals surface area contributed by atoms with Gasteiger partial charge in [0, 0.05) is 31.2 Å². The molecule has 1 aromatic heterocycles. The van der Waals surface area contributed by atoms with Crippen LogP contribution in [-0.2, 0) is 14.3 Å². The summed E-state index contributed by atoms with van der Waals surface area (Å²) in [6.07, 6.45) is 14.7. The standard InChI is InChI=1S/C26H33NO3/c1-16(28)29-18-8-11-25(3)22-9-10-24(2)20(17-5-4-12-27-15-17)6-7-21(24)19(22)13-23-26(25,14-18)30-23/h4-6,12,15,18-19,21-23H,7-11,13-14H2,1-3H3/t18-,19?,21?,22?,23-,24+,25+,26-/m0/s1. The van der Waals surface area contributed by atoms with Gasteiger partial charge in [0.15, 0.2) is 0 Å². The predicted molar refractivity (Wildman–Crippen MR) is 114 cm³/mol. The van der Waals surface area contributed by atoms with E-state index in [1.54, 1.807) is 0 Å². The van der Waals surface area contributed by atoms with Gasteiger partial charge in [-0.05, 0) is 78.9 Å². The van der Waals surface area contributed by atoms with E-state index in [-0.39, 0.29) is 28.5 Å². The molecule has 0 radical (unpaired) electrons. The zero-order valence-corrected chi connectivity index (χ0v) is 18.4. The van der Waals surface area contributed by atoms with Crippen LogP contribution in [0.3, 0.4) is 0 Å². The van der Waals surface area contributed by atoms with Gasteiger partial charge in [0.25, 0.3) is 0 Å². The Morgan fingerprint density at radius 2 is 2.10 bits per heavy atom. The van der Waals surface area contributed by atoms with E-state index in [4.69, 9.17) is 9.47 Å². The Labute approximate surface area is 179 Å². The number of fused-ring (bicyclic) bond motifs is 4. The van der Waals surface area contributed by atoms with Crippen molar-refractivity contribution in [2.75, 3.05) is 0 Å². The second-order valence-electron chi connectivity index (χ2n) is 11.1. The van der Waals surface area contributed by atoms with Crippen molar-refractivity contribution in [2.45, 2.75) is 83.5 Å². The first-order chi connectivity index (χ1) is 14.4. The Bertz CT molecular complexity index is 912. The molecule has 0 bridgehead atoms.